The second-order valence-electron chi connectivity index (χ2n) is 7.50. The summed E-state index contributed by atoms with van der Waals surface area (Å²) < 4.78 is 0. The maximum Gasteiger partial charge on any atom is 0.303 e. The molecule has 0 saturated heterocycles. The third-order valence-corrected chi connectivity index (χ3v) is 5.32. The molecule has 0 amide bonds. The Kier molecular flexibility index (Phi) is 10.9. The minimum atomic E-state index is -0.909. The number of hydrogen-bond donors (Lipinski definition) is 2. The van der Waals surface area contributed by atoms with E-state index in [1.165, 1.54) is 0 Å². The Bertz CT molecular complexity index is 519. The summed E-state index contributed by atoms with van der Waals surface area (Å²) in [5.41, 5.74) is 0. The molecule has 0 heterocycles. The number of aliphatic carboxylic acids is 1. The van der Waals surface area contributed by atoms with Gasteiger partial charge in [-0.2, -0.15) is 0 Å². The lowest BCUT2D eigenvalue weighted by molar-refractivity contribution is -0.526. The van der Waals surface area contributed by atoms with Gasteiger partial charge in [0.2, 0.25) is 6.04 Å². The number of Topliss-reactive ketones (excluding diaryl/α,β-unsaturated/α-hetero) is 1. The van der Waals surface area contributed by atoms with Gasteiger partial charge in [-0.15, -0.1) is 0 Å². The quantitative estimate of drug-likeness (QED) is 0.204. The lowest BCUT2D eigenvalue weighted by atomic mass is 9.87. The van der Waals surface area contributed by atoms with Crippen molar-refractivity contribution in [2.75, 3.05) is 0 Å². The van der Waals surface area contributed by atoms with Crippen LogP contribution in [-0.4, -0.2) is 39.0 Å². The maximum absolute atomic E-state index is 12.3. The van der Waals surface area contributed by atoms with Crippen molar-refractivity contribution in [1.29, 1.82) is 0 Å². The van der Waals surface area contributed by atoms with Gasteiger partial charge in [0.1, 0.15) is 5.78 Å². The molecule has 4 atom stereocenters. The van der Waals surface area contributed by atoms with Gasteiger partial charge in [0.15, 0.2) is 0 Å². The van der Waals surface area contributed by atoms with E-state index in [1.807, 2.05) is 0 Å². The fourth-order valence-corrected chi connectivity index (χ4v) is 3.76. The molecule has 0 bridgehead atoms. The van der Waals surface area contributed by atoms with Crippen molar-refractivity contribution in [2.45, 2.75) is 89.7 Å². The first-order valence-electron chi connectivity index (χ1n) is 10.1. The van der Waals surface area contributed by atoms with Crippen molar-refractivity contribution >= 4 is 11.8 Å². The number of ketones is 1. The van der Waals surface area contributed by atoms with E-state index < -0.39 is 24.0 Å². The van der Waals surface area contributed by atoms with Gasteiger partial charge in [-0.3, -0.25) is 19.7 Å². The van der Waals surface area contributed by atoms with Gasteiger partial charge in [0.25, 0.3) is 0 Å². The number of carbonyl (C=O) groups is 2. The van der Waals surface area contributed by atoms with Crippen LogP contribution in [0, 0.1) is 22.0 Å². The number of rotatable bonds is 14. The summed E-state index contributed by atoms with van der Waals surface area (Å²) in [6, 6.07) is -0.909. The molecule has 0 radical (unpaired) electrons. The van der Waals surface area contributed by atoms with Crippen LogP contribution in [0.15, 0.2) is 12.2 Å². The molecule has 27 heavy (non-hydrogen) atoms. The molecule has 0 spiro atoms. The third kappa shape index (κ3) is 8.65. The number of nitrogens with zero attached hydrogens (tertiary/aromatic N) is 1. The van der Waals surface area contributed by atoms with Gasteiger partial charge in [-0.1, -0.05) is 57.6 Å². The summed E-state index contributed by atoms with van der Waals surface area (Å²) in [6.07, 6.45) is 9.95. The van der Waals surface area contributed by atoms with Gasteiger partial charge in [0, 0.05) is 17.3 Å². The summed E-state index contributed by atoms with van der Waals surface area (Å²) in [4.78, 5) is 33.8. The summed E-state index contributed by atoms with van der Waals surface area (Å²) in [7, 11) is 0. The highest BCUT2D eigenvalue weighted by Crippen LogP contribution is 2.36. The molecular formula is C20H33NO6. The molecule has 1 rings (SSSR count). The molecule has 0 unspecified atom stereocenters. The van der Waals surface area contributed by atoms with E-state index in [4.69, 9.17) is 5.11 Å². The molecular weight excluding hydrogens is 350 g/mol. The molecule has 0 aliphatic heterocycles. The Balaban J connectivity index is 2.57. The highest BCUT2D eigenvalue weighted by molar-refractivity contribution is 5.84. The Morgan fingerprint density at radius 3 is 2.59 bits per heavy atom. The molecule has 154 valence electrons. The first kappa shape index (κ1) is 23.3. The van der Waals surface area contributed by atoms with E-state index >= 15 is 0 Å². The van der Waals surface area contributed by atoms with E-state index in [-0.39, 0.29) is 29.5 Å². The van der Waals surface area contributed by atoms with Crippen LogP contribution in [0.2, 0.25) is 0 Å². The van der Waals surface area contributed by atoms with Gasteiger partial charge >= 0.3 is 5.97 Å². The van der Waals surface area contributed by atoms with Gasteiger partial charge < -0.3 is 10.2 Å². The third-order valence-electron chi connectivity index (χ3n) is 5.32. The van der Waals surface area contributed by atoms with Crippen LogP contribution in [0.5, 0.6) is 0 Å². The molecule has 2 N–H and O–H groups in total. The van der Waals surface area contributed by atoms with Crippen molar-refractivity contribution < 1.29 is 24.7 Å². The normalized spacial score (nSPS) is 23.8. The molecule has 1 fully saturated rings. The highest BCUT2D eigenvalue weighted by atomic mass is 16.6. The average molecular weight is 383 g/mol. The number of aliphatic hydroxyl groups excluding tert-OH is 1. The smallest absolute Gasteiger partial charge is 0.303 e. The second-order valence-corrected chi connectivity index (χ2v) is 7.50. The van der Waals surface area contributed by atoms with Crippen molar-refractivity contribution in [3.05, 3.63) is 22.3 Å². The number of carbonyl (C=O) groups excluding carboxylic acids is 1. The molecule has 1 saturated carbocycles. The molecule has 0 aromatic rings. The van der Waals surface area contributed by atoms with Crippen LogP contribution in [0.1, 0.15) is 77.6 Å². The fraction of sp³-hybridized carbons (Fsp3) is 0.800. The number of carboxylic acid groups (broad SMARTS) is 1. The van der Waals surface area contributed by atoms with Crippen molar-refractivity contribution in [2.24, 2.45) is 11.8 Å². The average Bonchev–Trinajstić information content (AvgIpc) is 2.92. The number of unbranched alkanes of at least 4 members (excludes halogenated alkanes) is 5. The monoisotopic (exact) mass is 383 g/mol. The number of carboxylic acids is 1. The summed E-state index contributed by atoms with van der Waals surface area (Å²) in [5, 5.41) is 30.0. The van der Waals surface area contributed by atoms with E-state index in [9.17, 15) is 24.8 Å². The van der Waals surface area contributed by atoms with Crippen molar-refractivity contribution in [1.82, 2.24) is 0 Å². The lowest BCUT2D eigenvalue weighted by Gasteiger charge is -2.16. The Labute approximate surface area is 161 Å². The van der Waals surface area contributed by atoms with Crippen LogP contribution in [0.25, 0.3) is 0 Å². The number of aliphatic hydroxyl groups is 1. The van der Waals surface area contributed by atoms with E-state index in [1.54, 1.807) is 12.2 Å². The largest absolute Gasteiger partial charge is 0.481 e. The first-order valence-corrected chi connectivity index (χ1v) is 10.1. The molecule has 0 aromatic heterocycles. The van der Waals surface area contributed by atoms with E-state index in [0.29, 0.717) is 19.3 Å². The van der Waals surface area contributed by atoms with Crippen LogP contribution in [-0.2, 0) is 9.59 Å². The summed E-state index contributed by atoms with van der Waals surface area (Å²) in [6.45, 7) is 2.08. The van der Waals surface area contributed by atoms with Gasteiger partial charge in [0.05, 0.1) is 18.4 Å². The highest BCUT2D eigenvalue weighted by Gasteiger charge is 2.47. The Morgan fingerprint density at radius 1 is 1.26 bits per heavy atom. The summed E-state index contributed by atoms with van der Waals surface area (Å²) in [5.74, 6) is -1.72. The van der Waals surface area contributed by atoms with Gasteiger partial charge in [-0.05, 0) is 19.3 Å². The fourth-order valence-electron chi connectivity index (χ4n) is 3.76. The maximum atomic E-state index is 12.3. The molecule has 7 nitrogen and oxygen atoms in total. The molecule has 0 aromatic carbocycles. The zero-order valence-electron chi connectivity index (χ0n) is 16.2. The number of hydrogen-bond acceptors (Lipinski definition) is 5. The summed E-state index contributed by atoms with van der Waals surface area (Å²) >= 11 is 0. The van der Waals surface area contributed by atoms with Crippen LogP contribution < -0.4 is 0 Å². The SMILES string of the molecule is CCCCC[C@H](O)/C=C/[C@H]1[C@H]([N+](=O)[O-])CC(=O)[C@@H]1CCCCCCC(=O)O. The van der Waals surface area contributed by atoms with Gasteiger partial charge in [-0.25, -0.2) is 0 Å². The van der Waals surface area contributed by atoms with Crippen molar-refractivity contribution in [3.63, 3.8) is 0 Å². The zero-order valence-corrected chi connectivity index (χ0v) is 16.2. The predicted molar refractivity (Wildman–Crippen MR) is 102 cm³/mol. The van der Waals surface area contributed by atoms with E-state index in [0.717, 1.165) is 38.5 Å². The molecule has 1 aliphatic carbocycles. The minimum absolute atomic E-state index is 0.0440. The van der Waals surface area contributed by atoms with E-state index in [2.05, 4.69) is 6.92 Å². The first-order chi connectivity index (χ1) is 12.9. The second kappa shape index (κ2) is 12.6. The zero-order chi connectivity index (χ0) is 20.2. The molecule has 7 heteroatoms. The van der Waals surface area contributed by atoms with Crippen LogP contribution in [0.4, 0.5) is 0 Å². The molecule has 1 aliphatic rings. The predicted octanol–water partition coefficient (Wildman–Crippen LogP) is 3.76. The minimum Gasteiger partial charge on any atom is -0.481 e. The van der Waals surface area contributed by atoms with Crippen molar-refractivity contribution in [3.8, 4) is 0 Å². The lowest BCUT2D eigenvalue weighted by Crippen LogP contribution is -2.26. The van der Waals surface area contributed by atoms with Crippen LogP contribution >= 0.6 is 0 Å². The van der Waals surface area contributed by atoms with Crippen LogP contribution in [0.3, 0.4) is 0 Å². The Hall–Kier alpha value is -1.76. The Morgan fingerprint density at radius 2 is 1.96 bits per heavy atom. The standard InChI is InChI=1S/C20H33NO6/c1-2-3-6-9-15(22)12-13-16-17(19(23)14-18(16)21(26)27)10-7-4-5-8-11-20(24)25/h12-13,15-18,22H,2-11,14H2,1H3,(H,24,25)/b13-12+/t15-,16+,17+,18+/m0/s1. The number of nitro groups is 1. The topological polar surface area (TPSA) is 118 Å².